The van der Waals surface area contributed by atoms with Crippen LogP contribution in [0.4, 0.5) is 0 Å². The van der Waals surface area contributed by atoms with E-state index < -0.39 is 32.5 Å². The molecule has 0 spiro atoms. The molecule has 0 aliphatic heterocycles. The Kier molecular flexibility index (Phi) is 35.7. The van der Waals surface area contributed by atoms with Gasteiger partial charge in [-0.05, 0) is 38.5 Å². The van der Waals surface area contributed by atoms with Crippen molar-refractivity contribution in [1.82, 2.24) is 0 Å². The highest BCUT2D eigenvalue weighted by Crippen LogP contribution is 2.43. The third-order valence-corrected chi connectivity index (χ3v) is 9.83. The van der Waals surface area contributed by atoms with Gasteiger partial charge in [0.25, 0.3) is 0 Å². The summed E-state index contributed by atoms with van der Waals surface area (Å²) in [5.41, 5.74) is 0. The van der Waals surface area contributed by atoms with Crippen LogP contribution in [0.2, 0.25) is 0 Å². The van der Waals surface area contributed by atoms with Crippen molar-refractivity contribution in [3.8, 4) is 0 Å². The van der Waals surface area contributed by atoms with E-state index >= 15 is 0 Å². The number of phosphoric acid groups is 1. The molecule has 55 heavy (non-hydrogen) atoms. The summed E-state index contributed by atoms with van der Waals surface area (Å²) < 4.78 is 34.1. The minimum absolute atomic E-state index is 0.00788. The van der Waals surface area contributed by atoms with E-state index in [4.69, 9.17) is 18.5 Å². The van der Waals surface area contributed by atoms with E-state index in [1.807, 2.05) is 33.3 Å². The summed E-state index contributed by atoms with van der Waals surface area (Å²) in [7, 11) is 1.42. The third-order valence-electron chi connectivity index (χ3n) is 8.85. The van der Waals surface area contributed by atoms with Crippen molar-refractivity contribution in [3.05, 3.63) is 60.8 Å². The molecule has 0 aromatic rings. The number of phosphoric ester groups is 1. The van der Waals surface area contributed by atoms with Crippen molar-refractivity contribution in [2.75, 3.05) is 47.5 Å². The molecule has 0 fully saturated rings. The molecule has 0 saturated heterocycles. The molecule has 0 aliphatic rings. The first kappa shape index (κ1) is 52.7. The molecule has 318 valence electrons. The van der Waals surface area contributed by atoms with Crippen LogP contribution >= 0.6 is 7.82 Å². The number of ether oxygens (including phenoxy) is 2. The highest BCUT2D eigenvalue weighted by Gasteiger charge is 2.26. The molecule has 10 heteroatoms. The van der Waals surface area contributed by atoms with E-state index in [1.54, 1.807) is 6.08 Å². The van der Waals surface area contributed by atoms with E-state index in [-0.39, 0.29) is 26.1 Å². The molecule has 2 unspecified atom stereocenters. The van der Waals surface area contributed by atoms with Gasteiger partial charge in [0.05, 0.1) is 34.2 Å². The fourth-order valence-corrected chi connectivity index (χ4v) is 6.24. The number of quaternary nitrogens is 1. The number of esters is 2. The molecule has 0 heterocycles. The first-order valence-corrected chi connectivity index (χ1v) is 23.0. The van der Waals surface area contributed by atoms with Crippen LogP contribution in [0.1, 0.15) is 162 Å². The Hall–Kier alpha value is -2.29. The summed E-state index contributed by atoms with van der Waals surface area (Å²) in [6.45, 7) is 4.19. The molecule has 0 rings (SSSR count). The van der Waals surface area contributed by atoms with Crippen molar-refractivity contribution < 1.29 is 42.1 Å². The summed E-state index contributed by atoms with van der Waals surface area (Å²) >= 11 is 0. The highest BCUT2D eigenvalue weighted by atomic mass is 31.2. The number of likely N-dealkylation sites (N-methyl/N-ethyl adjacent to an activating group) is 1. The lowest BCUT2D eigenvalue weighted by Gasteiger charge is -2.24. The van der Waals surface area contributed by atoms with Crippen molar-refractivity contribution in [2.45, 2.75) is 168 Å². The molecule has 0 aromatic heterocycles. The Balaban J connectivity index is 4.49. The summed E-state index contributed by atoms with van der Waals surface area (Å²) in [4.78, 5) is 35.3. The number of allylic oxidation sites excluding steroid dienone is 9. The molecule has 9 nitrogen and oxygen atoms in total. The third kappa shape index (κ3) is 41.2. The molecule has 1 N–H and O–H groups in total. The standard InChI is InChI=1S/C45H80NO8P/c1-6-8-10-12-14-16-18-20-22-24-25-27-29-31-33-35-37-44(47)51-41-43(42-53-55(49,50)52-40-39-46(3,4)5)54-45(48)38-36-34-32-30-28-26-23-21-19-17-15-13-11-9-7-2/h9,11,15,17,21,23,28,30,34,36,43H,6-8,10,12-14,16,18-20,22,24-27,29,31-33,35,37-42H2,1-5H3/p+1/b11-9-,17-15-,23-21-,30-28-,36-34-. The minimum atomic E-state index is -4.40. The van der Waals surface area contributed by atoms with Gasteiger partial charge in [0, 0.05) is 6.42 Å². The van der Waals surface area contributed by atoms with E-state index in [0.29, 0.717) is 17.4 Å². The number of rotatable bonds is 38. The second kappa shape index (κ2) is 37.3. The molecule has 0 saturated carbocycles. The number of hydrogen-bond acceptors (Lipinski definition) is 7. The van der Waals surface area contributed by atoms with Crippen LogP contribution in [0.15, 0.2) is 60.8 Å². The van der Waals surface area contributed by atoms with Crippen LogP contribution in [-0.2, 0) is 32.7 Å². The van der Waals surface area contributed by atoms with Crippen LogP contribution in [-0.4, -0.2) is 74.9 Å². The van der Waals surface area contributed by atoms with Gasteiger partial charge in [-0.3, -0.25) is 18.6 Å². The monoisotopic (exact) mass is 795 g/mol. The zero-order valence-corrected chi connectivity index (χ0v) is 36.5. The normalized spacial score (nSPS) is 14.2. The second-order valence-electron chi connectivity index (χ2n) is 15.4. The molecule has 0 radical (unpaired) electrons. The van der Waals surface area contributed by atoms with Gasteiger partial charge in [0.15, 0.2) is 6.10 Å². The molecular weight excluding hydrogens is 713 g/mol. The molecule has 0 amide bonds. The first-order valence-electron chi connectivity index (χ1n) is 21.5. The molecule has 0 aliphatic carbocycles. The number of nitrogens with zero attached hydrogens (tertiary/aromatic N) is 1. The van der Waals surface area contributed by atoms with Gasteiger partial charge < -0.3 is 18.9 Å². The maximum atomic E-state index is 12.6. The Bertz CT molecular complexity index is 1120. The van der Waals surface area contributed by atoms with E-state index in [9.17, 15) is 19.0 Å². The Morgan fingerprint density at radius 1 is 0.582 bits per heavy atom. The average Bonchev–Trinajstić information content (AvgIpc) is 3.13. The van der Waals surface area contributed by atoms with Crippen LogP contribution in [0.5, 0.6) is 0 Å². The van der Waals surface area contributed by atoms with Gasteiger partial charge in [-0.25, -0.2) is 4.57 Å². The smallest absolute Gasteiger partial charge is 0.462 e. The van der Waals surface area contributed by atoms with Crippen molar-refractivity contribution in [3.63, 3.8) is 0 Å². The van der Waals surface area contributed by atoms with Gasteiger partial charge in [0.1, 0.15) is 19.8 Å². The van der Waals surface area contributed by atoms with Gasteiger partial charge in [-0.1, -0.05) is 171 Å². The number of carbonyl (C=O) groups is 2. The average molecular weight is 795 g/mol. The lowest BCUT2D eigenvalue weighted by Crippen LogP contribution is -2.37. The molecular formula is C45H81NO8P+. The highest BCUT2D eigenvalue weighted by molar-refractivity contribution is 7.47. The predicted octanol–water partition coefficient (Wildman–Crippen LogP) is 12.1. The fourth-order valence-electron chi connectivity index (χ4n) is 5.50. The number of hydrogen-bond donors (Lipinski definition) is 1. The van der Waals surface area contributed by atoms with Crippen molar-refractivity contribution >= 4 is 19.8 Å². The minimum Gasteiger partial charge on any atom is -0.462 e. The Morgan fingerprint density at radius 3 is 1.47 bits per heavy atom. The summed E-state index contributed by atoms with van der Waals surface area (Å²) in [5.74, 6) is -0.946. The molecule has 0 aromatic carbocycles. The van der Waals surface area contributed by atoms with Crippen LogP contribution in [0.3, 0.4) is 0 Å². The Morgan fingerprint density at radius 2 is 1.02 bits per heavy atom. The van der Waals surface area contributed by atoms with Crippen LogP contribution in [0, 0.1) is 0 Å². The molecule has 0 bridgehead atoms. The Labute approximate surface area is 336 Å². The SMILES string of the molecule is CC/C=C\C/C=C\C/C=C\C/C=C\C/C=C\CC(=O)OC(COC(=O)CCCCCCCCCCCCCCCCCC)COP(=O)(O)OCC[N+](C)(C)C. The largest absolute Gasteiger partial charge is 0.472 e. The van der Waals surface area contributed by atoms with Gasteiger partial charge in [-0.2, -0.15) is 0 Å². The van der Waals surface area contributed by atoms with Gasteiger partial charge in [-0.15, -0.1) is 0 Å². The van der Waals surface area contributed by atoms with Crippen LogP contribution in [0.25, 0.3) is 0 Å². The van der Waals surface area contributed by atoms with Crippen LogP contribution < -0.4 is 0 Å². The summed E-state index contributed by atoms with van der Waals surface area (Å²) in [6, 6.07) is 0. The zero-order chi connectivity index (χ0) is 40.7. The maximum absolute atomic E-state index is 12.6. The second-order valence-corrected chi connectivity index (χ2v) is 16.8. The van der Waals surface area contributed by atoms with Crippen molar-refractivity contribution in [2.24, 2.45) is 0 Å². The predicted molar refractivity (Wildman–Crippen MR) is 229 cm³/mol. The zero-order valence-electron chi connectivity index (χ0n) is 35.6. The number of carbonyl (C=O) groups excluding carboxylic acids is 2. The van der Waals surface area contributed by atoms with E-state index in [2.05, 4.69) is 56.4 Å². The number of unbranched alkanes of at least 4 members (excludes halogenated alkanes) is 15. The fraction of sp³-hybridized carbons (Fsp3) is 0.733. The maximum Gasteiger partial charge on any atom is 0.472 e. The van der Waals surface area contributed by atoms with Crippen molar-refractivity contribution in [1.29, 1.82) is 0 Å². The summed E-state index contributed by atoms with van der Waals surface area (Å²) in [6.07, 6.45) is 44.4. The lowest BCUT2D eigenvalue weighted by atomic mass is 10.0. The lowest BCUT2D eigenvalue weighted by molar-refractivity contribution is -0.870. The van der Waals surface area contributed by atoms with Gasteiger partial charge in [0.2, 0.25) is 0 Å². The quantitative estimate of drug-likeness (QED) is 0.0216. The molecule has 2 atom stereocenters. The van der Waals surface area contributed by atoms with E-state index in [1.165, 1.54) is 83.5 Å². The summed E-state index contributed by atoms with van der Waals surface area (Å²) in [5, 5.41) is 0. The first-order chi connectivity index (χ1) is 26.5. The topological polar surface area (TPSA) is 108 Å². The van der Waals surface area contributed by atoms with Gasteiger partial charge >= 0.3 is 19.8 Å². The van der Waals surface area contributed by atoms with E-state index in [0.717, 1.165) is 44.9 Å².